The third kappa shape index (κ3) is 3.07. The van der Waals surface area contributed by atoms with Crippen molar-refractivity contribution in [1.29, 1.82) is 0 Å². The second kappa shape index (κ2) is 5.87. The number of sulfonamides is 1. The number of nitrogens with zero attached hydrogens (tertiary/aromatic N) is 1. The number of hydrogen-bond donors (Lipinski definition) is 2. The van der Waals surface area contributed by atoms with Crippen LogP contribution in [-0.4, -0.2) is 44.3 Å². The molecule has 20 heavy (non-hydrogen) atoms. The number of halogens is 2. The number of primary amides is 1. The van der Waals surface area contributed by atoms with Gasteiger partial charge < -0.3 is 11.1 Å². The van der Waals surface area contributed by atoms with Crippen molar-refractivity contribution in [2.45, 2.75) is 10.9 Å². The largest absolute Gasteiger partial charge is 0.368 e. The fourth-order valence-corrected chi connectivity index (χ4v) is 4.35. The maximum absolute atomic E-state index is 12.6. The Bertz CT molecular complexity index is 616. The van der Waals surface area contributed by atoms with Gasteiger partial charge in [0, 0.05) is 29.7 Å². The number of piperazine rings is 1. The molecule has 1 atom stereocenters. The number of amides is 1. The minimum absolute atomic E-state index is 0.0526. The van der Waals surface area contributed by atoms with Gasteiger partial charge in [-0.15, -0.1) is 0 Å². The van der Waals surface area contributed by atoms with Gasteiger partial charge in [0.2, 0.25) is 15.9 Å². The average Bonchev–Trinajstić information content (AvgIpc) is 2.37. The smallest absolute Gasteiger partial charge is 0.243 e. The van der Waals surface area contributed by atoms with Gasteiger partial charge in [-0.2, -0.15) is 4.31 Å². The van der Waals surface area contributed by atoms with E-state index < -0.39 is 22.0 Å². The Kier molecular flexibility index (Phi) is 4.55. The van der Waals surface area contributed by atoms with Crippen molar-refractivity contribution in [2.24, 2.45) is 5.73 Å². The molecule has 3 N–H and O–H groups in total. The molecule has 1 aromatic rings. The average molecular weight is 338 g/mol. The van der Waals surface area contributed by atoms with Crippen LogP contribution in [-0.2, 0) is 14.8 Å². The highest BCUT2D eigenvalue weighted by atomic mass is 35.5. The predicted molar refractivity (Wildman–Crippen MR) is 76.2 cm³/mol. The van der Waals surface area contributed by atoms with Crippen LogP contribution < -0.4 is 11.1 Å². The molecule has 6 nitrogen and oxygen atoms in total. The highest BCUT2D eigenvalue weighted by Crippen LogP contribution is 2.26. The molecule has 0 aliphatic carbocycles. The molecule has 0 bridgehead atoms. The third-order valence-corrected chi connectivity index (χ3v) is 5.29. The molecule has 0 spiro atoms. The van der Waals surface area contributed by atoms with Gasteiger partial charge in [-0.1, -0.05) is 23.2 Å². The number of nitrogens with one attached hydrogen (secondary N) is 1. The summed E-state index contributed by atoms with van der Waals surface area (Å²) in [6, 6.07) is 3.10. The fraction of sp³-hybridized carbons (Fsp3) is 0.364. The Hall–Kier alpha value is -0.860. The lowest BCUT2D eigenvalue weighted by Gasteiger charge is -2.33. The molecule has 2 rings (SSSR count). The van der Waals surface area contributed by atoms with Crippen LogP contribution in [0.2, 0.25) is 10.0 Å². The lowest BCUT2D eigenvalue weighted by Crippen LogP contribution is -2.58. The Morgan fingerprint density at radius 1 is 1.30 bits per heavy atom. The number of rotatable bonds is 3. The molecule has 0 aromatic heterocycles. The Labute approximate surface area is 126 Å². The number of benzene rings is 1. The molecule has 110 valence electrons. The van der Waals surface area contributed by atoms with Gasteiger partial charge in [-0.05, 0) is 18.2 Å². The molecule has 1 saturated heterocycles. The van der Waals surface area contributed by atoms with E-state index in [4.69, 9.17) is 28.9 Å². The number of carbonyl (C=O) groups excluding carboxylic acids is 1. The summed E-state index contributed by atoms with van der Waals surface area (Å²) in [6.07, 6.45) is 0. The number of hydrogen-bond acceptors (Lipinski definition) is 4. The first kappa shape index (κ1) is 15.5. The van der Waals surface area contributed by atoms with Crippen LogP contribution in [0.5, 0.6) is 0 Å². The zero-order valence-electron chi connectivity index (χ0n) is 10.3. The van der Waals surface area contributed by atoms with Crippen LogP contribution in [0.1, 0.15) is 0 Å². The van der Waals surface area contributed by atoms with Crippen LogP contribution in [0, 0.1) is 0 Å². The molecule has 1 unspecified atom stereocenters. The highest BCUT2D eigenvalue weighted by Gasteiger charge is 2.36. The summed E-state index contributed by atoms with van der Waals surface area (Å²) in [6.45, 7) is 0.778. The Morgan fingerprint density at radius 3 is 2.45 bits per heavy atom. The van der Waals surface area contributed by atoms with Crippen molar-refractivity contribution in [2.75, 3.05) is 19.6 Å². The van der Waals surface area contributed by atoms with E-state index in [1.54, 1.807) is 0 Å². The second-order valence-corrected chi connectivity index (χ2v) is 7.11. The van der Waals surface area contributed by atoms with Crippen LogP contribution in [0.4, 0.5) is 0 Å². The van der Waals surface area contributed by atoms with Crippen LogP contribution in [0.3, 0.4) is 0 Å². The lowest BCUT2D eigenvalue weighted by atomic mass is 10.2. The molecule has 0 saturated carbocycles. The molecule has 1 heterocycles. The minimum Gasteiger partial charge on any atom is -0.368 e. The summed E-state index contributed by atoms with van der Waals surface area (Å²) in [5.74, 6) is -0.700. The summed E-state index contributed by atoms with van der Waals surface area (Å²) in [7, 11) is -3.88. The van der Waals surface area contributed by atoms with Crippen LogP contribution >= 0.6 is 23.2 Å². The van der Waals surface area contributed by atoms with E-state index in [9.17, 15) is 13.2 Å². The van der Waals surface area contributed by atoms with E-state index in [0.29, 0.717) is 6.54 Å². The van der Waals surface area contributed by atoms with Crippen LogP contribution in [0.15, 0.2) is 23.1 Å². The number of carbonyl (C=O) groups is 1. The standard InChI is InChI=1S/C11H13Cl2N3O3S/c12-7-3-8(13)5-9(4-7)20(18,19)16-2-1-15-6-10(16)11(14)17/h3-5,10,15H,1-2,6H2,(H2,14,17). The van der Waals surface area contributed by atoms with Gasteiger partial charge in [0.05, 0.1) is 4.90 Å². The Balaban J connectivity index is 2.44. The third-order valence-electron chi connectivity index (χ3n) is 2.97. The summed E-state index contributed by atoms with van der Waals surface area (Å²) in [5.41, 5.74) is 5.25. The van der Waals surface area contributed by atoms with Gasteiger partial charge in [-0.3, -0.25) is 4.79 Å². The first-order chi connectivity index (χ1) is 9.32. The van der Waals surface area contributed by atoms with Gasteiger partial charge in [0.15, 0.2) is 0 Å². The molecule has 0 radical (unpaired) electrons. The lowest BCUT2D eigenvalue weighted by molar-refractivity contribution is -0.122. The van der Waals surface area contributed by atoms with Gasteiger partial charge in [0.25, 0.3) is 0 Å². The van der Waals surface area contributed by atoms with Crippen molar-refractivity contribution in [3.63, 3.8) is 0 Å². The summed E-state index contributed by atoms with van der Waals surface area (Å²) in [4.78, 5) is 11.3. The molecular formula is C11H13Cl2N3O3S. The fourth-order valence-electron chi connectivity index (χ4n) is 2.03. The summed E-state index contributed by atoms with van der Waals surface area (Å²) in [5, 5.41) is 3.35. The van der Waals surface area contributed by atoms with Gasteiger partial charge >= 0.3 is 0 Å². The monoisotopic (exact) mass is 337 g/mol. The minimum atomic E-state index is -3.88. The molecule has 1 aliphatic rings. The predicted octanol–water partition coefficient (Wildman–Crippen LogP) is 0.441. The quantitative estimate of drug-likeness (QED) is 0.837. The van der Waals surface area contributed by atoms with Crippen molar-refractivity contribution in [3.05, 3.63) is 28.2 Å². The second-order valence-electron chi connectivity index (χ2n) is 4.34. The zero-order valence-corrected chi connectivity index (χ0v) is 12.7. The van der Waals surface area contributed by atoms with Crippen molar-refractivity contribution in [3.8, 4) is 0 Å². The molecule has 1 aliphatic heterocycles. The molecule has 1 fully saturated rings. The molecular weight excluding hydrogens is 325 g/mol. The van der Waals surface area contributed by atoms with E-state index in [1.807, 2.05) is 0 Å². The molecule has 1 amide bonds. The van der Waals surface area contributed by atoms with Crippen molar-refractivity contribution < 1.29 is 13.2 Å². The topological polar surface area (TPSA) is 92.5 Å². The van der Waals surface area contributed by atoms with E-state index in [2.05, 4.69) is 5.32 Å². The van der Waals surface area contributed by atoms with Crippen molar-refractivity contribution in [1.82, 2.24) is 9.62 Å². The highest BCUT2D eigenvalue weighted by molar-refractivity contribution is 7.89. The van der Waals surface area contributed by atoms with Crippen LogP contribution in [0.25, 0.3) is 0 Å². The maximum atomic E-state index is 12.6. The molecule has 9 heteroatoms. The van der Waals surface area contributed by atoms with E-state index >= 15 is 0 Å². The van der Waals surface area contributed by atoms with Crippen molar-refractivity contribution >= 4 is 39.1 Å². The Morgan fingerprint density at radius 2 is 1.90 bits per heavy atom. The zero-order chi connectivity index (χ0) is 14.9. The maximum Gasteiger partial charge on any atom is 0.243 e. The first-order valence-electron chi connectivity index (χ1n) is 5.80. The van der Waals surface area contributed by atoms with E-state index in [0.717, 1.165) is 4.31 Å². The summed E-state index contributed by atoms with van der Waals surface area (Å²) >= 11 is 11.6. The van der Waals surface area contributed by atoms with Gasteiger partial charge in [-0.25, -0.2) is 8.42 Å². The van der Waals surface area contributed by atoms with E-state index in [1.165, 1.54) is 18.2 Å². The number of nitrogens with two attached hydrogens (primary N) is 1. The first-order valence-corrected chi connectivity index (χ1v) is 8.00. The molecule has 1 aromatic carbocycles. The normalized spacial score (nSPS) is 20.8. The van der Waals surface area contributed by atoms with Gasteiger partial charge in [0.1, 0.15) is 6.04 Å². The van der Waals surface area contributed by atoms with E-state index in [-0.39, 0.29) is 28.0 Å². The SMILES string of the molecule is NC(=O)C1CNCCN1S(=O)(=O)c1cc(Cl)cc(Cl)c1. The summed E-state index contributed by atoms with van der Waals surface area (Å²) < 4.78 is 26.2.